The SMILES string of the molecule is CC(C)C.CC1(SNC(=O)[C@@](C)(CC(F)F)NC(=O)C2CCCN2C(=O)CNC(=O)O)CC1.O=c1[nH]c2ccccc2nc1C(F)(F)/C=C/COC1CCCC1. The lowest BCUT2D eigenvalue weighted by Gasteiger charge is -2.32. The summed E-state index contributed by atoms with van der Waals surface area (Å²) >= 11 is 1.16. The summed E-state index contributed by atoms with van der Waals surface area (Å²) in [6, 6.07) is 5.64. The number of nitrogens with one attached hydrogen (secondary N) is 4. The fourth-order valence-electron chi connectivity index (χ4n) is 5.79. The average Bonchev–Trinajstić information content (AvgIpc) is 3.46. The predicted octanol–water partition coefficient (Wildman–Crippen LogP) is 6.28. The zero-order chi connectivity index (χ0) is 41.7. The van der Waals surface area contributed by atoms with E-state index in [4.69, 9.17) is 9.84 Å². The summed E-state index contributed by atoms with van der Waals surface area (Å²) < 4.78 is 62.6. The van der Waals surface area contributed by atoms with Crippen molar-refractivity contribution in [1.82, 2.24) is 30.2 Å². The Kier molecular flexibility index (Phi) is 17.2. The molecular weight excluding hydrogens is 761 g/mol. The van der Waals surface area contributed by atoms with Gasteiger partial charge in [-0.1, -0.05) is 51.8 Å². The molecule has 1 aromatic carbocycles. The molecule has 18 heteroatoms. The first-order valence-corrected chi connectivity index (χ1v) is 19.6. The molecule has 312 valence electrons. The Balaban J connectivity index is 0.000000279. The van der Waals surface area contributed by atoms with Gasteiger partial charge in [0.1, 0.15) is 18.1 Å². The molecule has 1 aliphatic heterocycles. The van der Waals surface area contributed by atoms with Crippen molar-refractivity contribution in [1.29, 1.82) is 0 Å². The molecule has 2 saturated carbocycles. The van der Waals surface area contributed by atoms with Crippen molar-refractivity contribution in [2.75, 3.05) is 19.7 Å². The van der Waals surface area contributed by atoms with E-state index in [0.717, 1.165) is 56.4 Å². The number of aromatic nitrogens is 2. The first-order chi connectivity index (χ1) is 26.2. The molecule has 56 heavy (non-hydrogen) atoms. The van der Waals surface area contributed by atoms with Gasteiger partial charge in [0.25, 0.3) is 11.5 Å². The Morgan fingerprint density at radius 2 is 1.75 bits per heavy atom. The number of ether oxygens (including phenoxy) is 1. The van der Waals surface area contributed by atoms with E-state index in [0.29, 0.717) is 30.0 Å². The molecule has 3 aliphatic rings. The largest absolute Gasteiger partial charge is 0.465 e. The second-order valence-electron chi connectivity index (χ2n) is 15.2. The van der Waals surface area contributed by atoms with Gasteiger partial charge in [-0.25, -0.2) is 18.6 Å². The van der Waals surface area contributed by atoms with Gasteiger partial charge in [-0.2, -0.15) is 8.78 Å². The molecule has 1 unspecified atom stereocenters. The molecule has 1 aromatic heterocycles. The molecule has 1 saturated heterocycles. The quantitative estimate of drug-likeness (QED) is 0.0833. The molecule has 2 aliphatic carbocycles. The number of nitrogens with zero attached hydrogens (tertiary/aromatic N) is 2. The number of aromatic amines is 1. The van der Waals surface area contributed by atoms with Crippen LogP contribution in [0.1, 0.15) is 98.1 Å². The van der Waals surface area contributed by atoms with Gasteiger partial charge in [0, 0.05) is 17.7 Å². The summed E-state index contributed by atoms with van der Waals surface area (Å²) in [6.07, 6.45) is 3.86. The van der Waals surface area contributed by atoms with Gasteiger partial charge in [0.2, 0.25) is 18.2 Å². The first kappa shape index (κ1) is 46.2. The lowest BCUT2D eigenvalue weighted by molar-refractivity contribution is -0.140. The van der Waals surface area contributed by atoms with Crippen LogP contribution in [0, 0.1) is 5.92 Å². The van der Waals surface area contributed by atoms with Crippen LogP contribution < -0.4 is 20.9 Å². The van der Waals surface area contributed by atoms with E-state index in [1.807, 2.05) is 12.2 Å². The third kappa shape index (κ3) is 14.7. The number of rotatable bonds is 14. The average molecular weight is 815 g/mol. The summed E-state index contributed by atoms with van der Waals surface area (Å²) in [7, 11) is 0. The van der Waals surface area contributed by atoms with Crippen LogP contribution >= 0.6 is 11.9 Å². The second kappa shape index (κ2) is 20.8. The third-order valence-electron chi connectivity index (χ3n) is 9.05. The predicted molar refractivity (Wildman–Crippen MR) is 205 cm³/mol. The highest BCUT2D eigenvalue weighted by Crippen LogP contribution is 2.46. The number of hydrogen-bond donors (Lipinski definition) is 5. The number of fused-ring (bicyclic) bond motifs is 1. The van der Waals surface area contributed by atoms with Crippen LogP contribution in [-0.4, -0.2) is 92.3 Å². The van der Waals surface area contributed by atoms with E-state index in [9.17, 15) is 41.5 Å². The topological polar surface area (TPSA) is 183 Å². The Hall–Kier alpha value is -4.19. The lowest BCUT2D eigenvalue weighted by atomic mass is 9.96. The monoisotopic (exact) mass is 814 g/mol. The van der Waals surface area contributed by atoms with Crippen molar-refractivity contribution >= 4 is 46.8 Å². The molecule has 0 radical (unpaired) electrons. The number of benzene rings is 1. The van der Waals surface area contributed by atoms with Gasteiger partial charge >= 0.3 is 12.0 Å². The van der Waals surface area contributed by atoms with Gasteiger partial charge in [0.05, 0.1) is 23.7 Å². The number of hydrogen-bond acceptors (Lipinski definition) is 8. The number of para-hydroxylation sites is 2. The number of allylic oxidation sites excluding steroid dienone is 1. The van der Waals surface area contributed by atoms with Crippen molar-refractivity contribution in [3.05, 3.63) is 52.5 Å². The summed E-state index contributed by atoms with van der Waals surface area (Å²) in [6.45, 7) is 9.53. The number of likely N-dealkylation sites (tertiary alicyclic amines) is 1. The van der Waals surface area contributed by atoms with Crippen LogP contribution in [0.25, 0.3) is 11.0 Å². The fraction of sp³-hybridized carbons (Fsp3) is 0.632. The van der Waals surface area contributed by atoms with Gasteiger partial charge in [-0.3, -0.25) is 23.9 Å². The summed E-state index contributed by atoms with van der Waals surface area (Å²) in [4.78, 5) is 67.4. The Morgan fingerprint density at radius 1 is 1.11 bits per heavy atom. The van der Waals surface area contributed by atoms with Crippen LogP contribution in [0.2, 0.25) is 0 Å². The minimum absolute atomic E-state index is 0.114. The Bertz CT molecular complexity index is 1730. The van der Waals surface area contributed by atoms with Gasteiger partial charge in [-0.05, 0) is 88.4 Å². The number of carbonyl (C=O) groups excluding carboxylic acids is 3. The van der Waals surface area contributed by atoms with Gasteiger partial charge < -0.3 is 30.4 Å². The minimum atomic E-state index is -3.43. The minimum Gasteiger partial charge on any atom is -0.465 e. The summed E-state index contributed by atoms with van der Waals surface area (Å²) in [5.41, 5.74) is -2.76. The van der Waals surface area contributed by atoms with Crippen LogP contribution in [0.4, 0.5) is 22.4 Å². The maximum Gasteiger partial charge on any atom is 0.405 e. The van der Waals surface area contributed by atoms with E-state index in [2.05, 4.69) is 40.8 Å². The second-order valence-corrected chi connectivity index (χ2v) is 16.6. The summed E-state index contributed by atoms with van der Waals surface area (Å²) in [5.74, 6) is -4.64. The van der Waals surface area contributed by atoms with Crippen LogP contribution in [0.15, 0.2) is 41.2 Å². The number of carboxylic acid groups (broad SMARTS) is 1. The highest BCUT2D eigenvalue weighted by Gasteiger charge is 2.45. The van der Waals surface area contributed by atoms with Crippen molar-refractivity contribution in [3.8, 4) is 0 Å². The highest BCUT2D eigenvalue weighted by molar-refractivity contribution is 7.99. The molecular formula is C38H54F4N6O7S. The molecule has 2 heterocycles. The van der Waals surface area contributed by atoms with E-state index in [1.165, 1.54) is 17.9 Å². The molecule has 0 spiro atoms. The maximum atomic E-state index is 14.2. The zero-order valence-corrected chi connectivity index (χ0v) is 33.3. The first-order valence-electron chi connectivity index (χ1n) is 18.8. The van der Waals surface area contributed by atoms with E-state index in [-0.39, 0.29) is 24.0 Å². The molecule has 13 nitrogen and oxygen atoms in total. The van der Waals surface area contributed by atoms with Crippen molar-refractivity contribution in [2.45, 2.75) is 127 Å². The van der Waals surface area contributed by atoms with E-state index in [1.54, 1.807) is 24.3 Å². The van der Waals surface area contributed by atoms with Crippen molar-refractivity contribution in [2.24, 2.45) is 5.92 Å². The molecule has 3 fully saturated rings. The lowest BCUT2D eigenvalue weighted by Crippen LogP contribution is -2.60. The van der Waals surface area contributed by atoms with Crippen LogP contribution in [0.3, 0.4) is 0 Å². The number of halogens is 4. The van der Waals surface area contributed by atoms with Crippen molar-refractivity contribution < 1.29 is 46.6 Å². The molecule has 2 atom stereocenters. The third-order valence-corrected chi connectivity index (χ3v) is 10.2. The summed E-state index contributed by atoms with van der Waals surface area (Å²) in [5, 5.41) is 12.9. The zero-order valence-electron chi connectivity index (χ0n) is 32.5. The Labute approximate surface area is 328 Å². The molecule has 2 aromatic rings. The molecule has 5 rings (SSSR count). The highest BCUT2D eigenvalue weighted by atomic mass is 32.2. The standard InChI is InChI=1S/C17H26F2N4O5S.C17H18F2N2O2.C4H10/c1-16(5-6-16)29-22-14(26)17(2,8-11(18)19)21-13(25)10-4-3-7-23(10)12(24)9-20-15(27)28;18-17(19,10-5-11-23-12-6-1-2-7-12)15-16(22)21-14-9-4-3-8-13(14)20-15;1-4(2)3/h10-11,20H,3-9H2,1-2H3,(H,21,25)(H,22,26)(H,27,28);3-5,8-10,12H,1-2,6-7,11H2,(H,21,22);4H,1-3H3/b;10-5+;/t10?,17-;;/m1../s1. The van der Waals surface area contributed by atoms with Crippen LogP contribution in [-0.2, 0) is 25.0 Å². The normalized spacial score (nSPS) is 18.8. The number of carbonyl (C=O) groups is 4. The van der Waals surface area contributed by atoms with Crippen molar-refractivity contribution in [3.63, 3.8) is 0 Å². The van der Waals surface area contributed by atoms with Gasteiger partial charge in [-0.15, -0.1) is 0 Å². The molecule has 0 bridgehead atoms. The number of H-pyrrole nitrogens is 1. The smallest absolute Gasteiger partial charge is 0.405 e. The molecule has 4 amide bonds. The molecule has 5 N–H and O–H groups in total. The number of alkyl halides is 4. The van der Waals surface area contributed by atoms with Gasteiger partial charge in [0.15, 0.2) is 5.69 Å². The van der Waals surface area contributed by atoms with Crippen LogP contribution in [0.5, 0.6) is 0 Å². The fourth-order valence-corrected chi connectivity index (χ4v) is 6.66. The number of amides is 4. The van der Waals surface area contributed by atoms with E-state index < -0.39 is 72.0 Å². The van der Waals surface area contributed by atoms with E-state index >= 15 is 0 Å². The maximum absolute atomic E-state index is 14.2. The Morgan fingerprint density at radius 3 is 2.36 bits per heavy atom.